The van der Waals surface area contributed by atoms with Crippen molar-refractivity contribution >= 4 is 23.2 Å². The Labute approximate surface area is 137 Å². The first-order chi connectivity index (χ1) is 11.2. The van der Waals surface area contributed by atoms with Crippen molar-refractivity contribution in [3.8, 4) is 17.4 Å². The van der Waals surface area contributed by atoms with E-state index in [1.165, 1.54) is 0 Å². The van der Waals surface area contributed by atoms with Gasteiger partial charge in [0, 0.05) is 5.56 Å². The number of nitrogens with one attached hydrogen (secondary N) is 1. The Morgan fingerprint density at radius 3 is 2.57 bits per heavy atom. The van der Waals surface area contributed by atoms with Gasteiger partial charge in [0.15, 0.2) is 5.76 Å². The molecule has 112 valence electrons. The van der Waals surface area contributed by atoms with Crippen molar-refractivity contribution in [1.82, 2.24) is 0 Å². The zero-order valence-electron chi connectivity index (χ0n) is 11.9. The van der Waals surface area contributed by atoms with Crippen LogP contribution in [0.5, 0.6) is 0 Å². The number of halogens is 1. The summed E-state index contributed by atoms with van der Waals surface area (Å²) in [5.74, 6) is 0.230. The summed E-state index contributed by atoms with van der Waals surface area (Å²) in [4.78, 5) is 12.3. The van der Waals surface area contributed by atoms with Gasteiger partial charge in [0.05, 0.1) is 16.3 Å². The average Bonchev–Trinajstić information content (AvgIpc) is 3.05. The first-order valence-corrected chi connectivity index (χ1v) is 7.22. The molecule has 2 aromatic carbocycles. The second kappa shape index (κ2) is 6.39. The SMILES string of the molecule is N#Cc1ccccc1NC(=O)c1ccc(-c2ccccc2Cl)o1. The van der Waals surface area contributed by atoms with E-state index in [-0.39, 0.29) is 5.76 Å². The van der Waals surface area contributed by atoms with Crippen LogP contribution in [0.2, 0.25) is 5.02 Å². The maximum Gasteiger partial charge on any atom is 0.291 e. The fourth-order valence-electron chi connectivity index (χ4n) is 2.14. The van der Waals surface area contributed by atoms with E-state index in [1.807, 2.05) is 24.3 Å². The van der Waals surface area contributed by atoms with Gasteiger partial charge in [-0.3, -0.25) is 4.79 Å². The Hall–Kier alpha value is -3.03. The molecule has 0 aliphatic carbocycles. The molecule has 0 fully saturated rings. The summed E-state index contributed by atoms with van der Waals surface area (Å²) in [5, 5.41) is 12.3. The zero-order chi connectivity index (χ0) is 16.2. The third-order valence-electron chi connectivity index (χ3n) is 3.26. The summed E-state index contributed by atoms with van der Waals surface area (Å²) in [7, 11) is 0. The van der Waals surface area contributed by atoms with Gasteiger partial charge in [0.2, 0.25) is 0 Å². The average molecular weight is 323 g/mol. The first-order valence-electron chi connectivity index (χ1n) is 6.84. The molecule has 0 aliphatic heterocycles. The predicted octanol–water partition coefficient (Wildman–Crippen LogP) is 4.72. The van der Waals surface area contributed by atoms with E-state index >= 15 is 0 Å². The highest BCUT2D eigenvalue weighted by Gasteiger charge is 2.15. The van der Waals surface area contributed by atoms with Crippen LogP contribution in [0.3, 0.4) is 0 Å². The lowest BCUT2D eigenvalue weighted by molar-refractivity contribution is 0.0997. The van der Waals surface area contributed by atoms with Crippen molar-refractivity contribution in [2.75, 3.05) is 5.32 Å². The highest BCUT2D eigenvalue weighted by atomic mass is 35.5. The molecule has 0 bridgehead atoms. The van der Waals surface area contributed by atoms with E-state index < -0.39 is 5.91 Å². The molecular weight excluding hydrogens is 312 g/mol. The number of hydrogen-bond acceptors (Lipinski definition) is 3. The third kappa shape index (κ3) is 3.10. The minimum absolute atomic E-state index is 0.146. The number of benzene rings is 2. The molecule has 0 spiro atoms. The van der Waals surface area contributed by atoms with Crippen LogP contribution in [-0.4, -0.2) is 5.91 Å². The van der Waals surface area contributed by atoms with Crippen LogP contribution >= 0.6 is 11.6 Å². The van der Waals surface area contributed by atoms with E-state index in [2.05, 4.69) is 5.32 Å². The van der Waals surface area contributed by atoms with E-state index in [0.29, 0.717) is 27.6 Å². The number of nitrogens with zero attached hydrogens (tertiary/aromatic N) is 1. The Morgan fingerprint density at radius 2 is 1.78 bits per heavy atom. The van der Waals surface area contributed by atoms with Crippen LogP contribution in [0.1, 0.15) is 16.1 Å². The molecule has 4 nitrogen and oxygen atoms in total. The molecule has 0 unspecified atom stereocenters. The number of carbonyl (C=O) groups is 1. The van der Waals surface area contributed by atoms with E-state index in [9.17, 15) is 4.79 Å². The van der Waals surface area contributed by atoms with Crippen LogP contribution in [0, 0.1) is 11.3 Å². The smallest absolute Gasteiger partial charge is 0.291 e. The molecule has 1 amide bonds. The molecule has 23 heavy (non-hydrogen) atoms. The van der Waals surface area contributed by atoms with E-state index in [4.69, 9.17) is 21.3 Å². The number of para-hydroxylation sites is 1. The molecule has 0 saturated heterocycles. The van der Waals surface area contributed by atoms with Crippen molar-refractivity contribution in [2.24, 2.45) is 0 Å². The van der Waals surface area contributed by atoms with Crippen molar-refractivity contribution in [1.29, 1.82) is 5.26 Å². The molecule has 3 rings (SSSR count). The fourth-order valence-corrected chi connectivity index (χ4v) is 2.37. The first kappa shape index (κ1) is 14.9. The number of anilines is 1. The van der Waals surface area contributed by atoms with Gasteiger partial charge >= 0.3 is 0 Å². The number of rotatable bonds is 3. The number of carbonyl (C=O) groups excluding carboxylic acids is 1. The minimum Gasteiger partial charge on any atom is -0.451 e. The number of nitriles is 1. The van der Waals surface area contributed by atoms with Gasteiger partial charge in [0.25, 0.3) is 5.91 Å². The lowest BCUT2D eigenvalue weighted by Gasteiger charge is -2.05. The number of hydrogen-bond donors (Lipinski definition) is 1. The maximum atomic E-state index is 12.3. The lowest BCUT2D eigenvalue weighted by atomic mass is 10.2. The second-order valence-corrected chi connectivity index (χ2v) is 5.16. The van der Waals surface area contributed by atoms with Crippen LogP contribution in [0.4, 0.5) is 5.69 Å². The molecule has 1 aromatic heterocycles. The van der Waals surface area contributed by atoms with Gasteiger partial charge in [0.1, 0.15) is 11.8 Å². The Bertz CT molecular complexity index is 909. The maximum absolute atomic E-state index is 12.3. The molecule has 0 radical (unpaired) electrons. The highest BCUT2D eigenvalue weighted by molar-refractivity contribution is 6.33. The molecular formula is C18H11ClN2O2. The van der Waals surface area contributed by atoms with Crippen LogP contribution in [0.25, 0.3) is 11.3 Å². The molecule has 0 saturated carbocycles. The summed E-state index contributed by atoms with van der Waals surface area (Å²) < 4.78 is 5.58. The number of amides is 1. The normalized spacial score (nSPS) is 10.1. The van der Waals surface area contributed by atoms with E-state index in [0.717, 1.165) is 0 Å². The van der Waals surface area contributed by atoms with Crippen molar-refractivity contribution in [3.05, 3.63) is 77.0 Å². The Kier molecular flexibility index (Phi) is 4.13. The molecule has 0 atom stereocenters. The van der Waals surface area contributed by atoms with Crippen LogP contribution < -0.4 is 5.32 Å². The highest BCUT2D eigenvalue weighted by Crippen LogP contribution is 2.29. The molecule has 3 aromatic rings. The minimum atomic E-state index is -0.425. The van der Waals surface area contributed by atoms with Crippen LogP contribution in [0.15, 0.2) is 65.1 Å². The number of furan rings is 1. The molecule has 0 aliphatic rings. The van der Waals surface area contributed by atoms with Gasteiger partial charge in [-0.1, -0.05) is 35.9 Å². The van der Waals surface area contributed by atoms with Gasteiger partial charge in [-0.2, -0.15) is 5.26 Å². The predicted molar refractivity (Wildman–Crippen MR) is 88.3 cm³/mol. The summed E-state index contributed by atoms with van der Waals surface area (Å²) in [5.41, 5.74) is 1.54. The van der Waals surface area contributed by atoms with Crippen molar-refractivity contribution in [2.45, 2.75) is 0 Å². The summed E-state index contributed by atoms with van der Waals surface area (Å²) in [6.07, 6.45) is 0. The summed E-state index contributed by atoms with van der Waals surface area (Å²) in [6.45, 7) is 0. The molecule has 5 heteroatoms. The topological polar surface area (TPSA) is 66.0 Å². The summed E-state index contributed by atoms with van der Waals surface area (Å²) in [6, 6.07) is 19.3. The standard InChI is InChI=1S/C18H11ClN2O2/c19-14-7-3-2-6-13(14)16-9-10-17(23-16)18(22)21-15-8-4-1-5-12(15)11-20/h1-10H,(H,21,22). The Balaban J connectivity index is 1.85. The lowest BCUT2D eigenvalue weighted by Crippen LogP contribution is -2.11. The third-order valence-corrected chi connectivity index (χ3v) is 3.59. The van der Waals surface area contributed by atoms with Gasteiger partial charge in [-0.25, -0.2) is 0 Å². The quantitative estimate of drug-likeness (QED) is 0.758. The van der Waals surface area contributed by atoms with Crippen molar-refractivity contribution in [3.63, 3.8) is 0 Å². The van der Waals surface area contributed by atoms with Gasteiger partial charge < -0.3 is 9.73 Å². The van der Waals surface area contributed by atoms with E-state index in [1.54, 1.807) is 42.5 Å². The molecule has 1 heterocycles. The monoisotopic (exact) mass is 322 g/mol. The zero-order valence-corrected chi connectivity index (χ0v) is 12.7. The van der Waals surface area contributed by atoms with Gasteiger partial charge in [-0.05, 0) is 36.4 Å². The summed E-state index contributed by atoms with van der Waals surface area (Å²) >= 11 is 6.12. The van der Waals surface area contributed by atoms with Crippen molar-refractivity contribution < 1.29 is 9.21 Å². The molecule has 1 N–H and O–H groups in total. The van der Waals surface area contributed by atoms with Gasteiger partial charge in [-0.15, -0.1) is 0 Å². The Morgan fingerprint density at radius 1 is 1.04 bits per heavy atom. The second-order valence-electron chi connectivity index (χ2n) is 4.76. The fraction of sp³-hybridized carbons (Fsp3) is 0. The van der Waals surface area contributed by atoms with Crippen LogP contribution in [-0.2, 0) is 0 Å². The largest absolute Gasteiger partial charge is 0.451 e.